The molecule has 3 heterocycles. The molecule has 0 aliphatic carbocycles. The number of thioether (sulfide) groups is 1. The van der Waals surface area contributed by atoms with E-state index in [1.807, 2.05) is 11.8 Å². The molecule has 0 aromatic rings. The molecule has 3 aliphatic heterocycles. The maximum atomic E-state index is 9.41. The fourth-order valence-electron chi connectivity index (χ4n) is 4.38. The van der Waals surface area contributed by atoms with Gasteiger partial charge in [-0.2, -0.15) is 10.5 Å². The zero-order valence-corrected chi connectivity index (χ0v) is 17.2. The summed E-state index contributed by atoms with van der Waals surface area (Å²) < 4.78 is 0. The van der Waals surface area contributed by atoms with Crippen molar-refractivity contribution in [2.24, 2.45) is 10.9 Å². The summed E-state index contributed by atoms with van der Waals surface area (Å²) in [5.41, 5.74) is 0. The molecule has 0 N–H and O–H groups in total. The molecule has 3 aliphatic rings. The van der Waals surface area contributed by atoms with E-state index in [1.165, 1.54) is 44.6 Å². The molecule has 0 aromatic heterocycles. The summed E-state index contributed by atoms with van der Waals surface area (Å²) in [4.78, 5) is 12.1. The second kappa shape index (κ2) is 10.9. The Labute approximate surface area is 168 Å². The molecular weight excluding hydrogens is 356 g/mol. The van der Waals surface area contributed by atoms with Crippen molar-refractivity contribution in [1.29, 1.82) is 10.5 Å². The predicted molar refractivity (Wildman–Crippen MR) is 111 cm³/mol. The Kier molecular flexibility index (Phi) is 8.26. The first kappa shape index (κ1) is 20.5. The van der Waals surface area contributed by atoms with Gasteiger partial charge in [0.05, 0.1) is 12.1 Å². The topological polar surface area (TPSA) is 69.7 Å². The van der Waals surface area contributed by atoms with Crippen molar-refractivity contribution in [3.63, 3.8) is 0 Å². The van der Waals surface area contributed by atoms with Gasteiger partial charge in [-0.05, 0) is 45.2 Å². The molecule has 0 atom stereocenters. The van der Waals surface area contributed by atoms with E-state index in [2.05, 4.69) is 26.8 Å². The fourth-order valence-corrected chi connectivity index (χ4v) is 5.41. The lowest BCUT2D eigenvalue weighted by Gasteiger charge is -2.41. The Hall–Kier alpha value is -1.28. The van der Waals surface area contributed by atoms with Gasteiger partial charge in [-0.1, -0.05) is 6.42 Å². The summed E-state index contributed by atoms with van der Waals surface area (Å²) in [5.74, 6) is 2.33. The van der Waals surface area contributed by atoms with Crippen molar-refractivity contribution >= 4 is 17.6 Å². The summed E-state index contributed by atoms with van der Waals surface area (Å²) in [6.07, 6.45) is 7.26. The molecule has 3 saturated heterocycles. The number of piperidine rings is 2. The summed E-state index contributed by atoms with van der Waals surface area (Å²) >= 11 is 1.98. The Morgan fingerprint density at radius 1 is 1.04 bits per heavy atom. The minimum Gasteiger partial charge on any atom is -0.358 e. The molecule has 0 bridgehead atoms. The minimum atomic E-state index is -0.737. The van der Waals surface area contributed by atoms with Gasteiger partial charge in [-0.25, -0.2) is 0 Å². The van der Waals surface area contributed by atoms with Gasteiger partial charge in [0.1, 0.15) is 5.84 Å². The average molecular weight is 389 g/mol. The molecule has 7 heteroatoms. The third-order valence-corrected chi connectivity index (χ3v) is 6.96. The van der Waals surface area contributed by atoms with Crippen LogP contribution < -0.4 is 0 Å². The standard InChI is InChI=1S/C20H32N6S/c21-15-18(16-22)20(23-7-4-8-24-13-14-27-17-24)26-11-5-19(6-12-26)25-9-2-1-3-10-25/h18-19H,1-14,17H2. The minimum absolute atomic E-state index is 0.665. The zero-order chi connectivity index (χ0) is 18.9. The highest BCUT2D eigenvalue weighted by molar-refractivity contribution is 7.99. The van der Waals surface area contributed by atoms with Crippen molar-refractivity contribution in [3.8, 4) is 12.1 Å². The quantitative estimate of drug-likeness (QED) is 0.395. The summed E-state index contributed by atoms with van der Waals surface area (Å²) in [5, 5.41) is 18.8. The van der Waals surface area contributed by atoms with E-state index in [1.54, 1.807) is 0 Å². The highest BCUT2D eigenvalue weighted by atomic mass is 32.2. The van der Waals surface area contributed by atoms with Gasteiger partial charge in [-0.15, -0.1) is 11.8 Å². The molecule has 0 aromatic carbocycles. The van der Waals surface area contributed by atoms with Gasteiger partial charge < -0.3 is 9.80 Å². The normalized spacial score (nSPS) is 23.5. The number of nitrogens with zero attached hydrogens (tertiary/aromatic N) is 6. The van der Waals surface area contributed by atoms with E-state index in [9.17, 15) is 10.5 Å². The third-order valence-electron chi connectivity index (χ3n) is 5.94. The first-order valence-corrected chi connectivity index (χ1v) is 11.6. The molecular formula is C20H32N6S. The molecule has 3 fully saturated rings. The SMILES string of the molecule is N#CC(C#N)C(=NCCCN1CCSC1)N1CCC(N2CCCCC2)CC1. The molecule has 0 saturated carbocycles. The highest BCUT2D eigenvalue weighted by Crippen LogP contribution is 2.22. The highest BCUT2D eigenvalue weighted by Gasteiger charge is 2.29. The van der Waals surface area contributed by atoms with E-state index in [-0.39, 0.29) is 0 Å². The number of rotatable bonds is 6. The van der Waals surface area contributed by atoms with Crippen LogP contribution in [0.15, 0.2) is 4.99 Å². The van der Waals surface area contributed by atoms with Gasteiger partial charge in [0, 0.05) is 50.4 Å². The smallest absolute Gasteiger partial charge is 0.189 e. The second-order valence-electron chi connectivity index (χ2n) is 7.75. The maximum absolute atomic E-state index is 9.41. The van der Waals surface area contributed by atoms with E-state index in [0.29, 0.717) is 18.4 Å². The van der Waals surface area contributed by atoms with Crippen molar-refractivity contribution in [3.05, 3.63) is 0 Å². The number of hydrogen-bond donors (Lipinski definition) is 0. The van der Waals surface area contributed by atoms with Crippen LogP contribution in [0.1, 0.15) is 38.5 Å². The van der Waals surface area contributed by atoms with Gasteiger partial charge in [0.2, 0.25) is 0 Å². The van der Waals surface area contributed by atoms with Crippen LogP contribution in [0, 0.1) is 28.6 Å². The Bertz CT molecular complexity index is 546. The molecule has 27 heavy (non-hydrogen) atoms. The Balaban J connectivity index is 1.52. The zero-order valence-electron chi connectivity index (χ0n) is 16.4. The number of amidine groups is 1. The molecule has 0 unspecified atom stereocenters. The number of nitriles is 2. The molecule has 148 valence electrons. The lowest BCUT2D eigenvalue weighted by molar-refractivity contribution is 0.114. The lowest BCUT2D eigenvalue weighted by atomic mass is 9.98. The van der Waals surface area contributed by atoms with Crippen LogP contribution in [-0.2, 0) is 0 Å². The summed E-state index contributed by atoms with van der Waals surface area (Å²) in [6.45, 7) is 7.25. The number of hydrogen-bond acceptors (Lipinski definition) is 6. The van der Waals surface area contributed by atoms with Crippen molar-refractivity contribution in [1.82, 2.24) is 14.7 Å². The largest absolute Gasteiger partial charge is 0.358 e. The van der Waals surface area contributed by atoms with Crippen LogP contribution in [0.5, 0.6) is 0 Å². The first-order chi connectivity index (χ1) is 13.3. The summed E-state index contributed by atoms with van der Waals surface area (Å²) in [7, 11) is 0. The third kappa shape index (κ3) is 5.85. The van der Waals surface area contributed by atoms with Crippen molar-refractivity contribution in [2.45, 2.75) is 44.6 Å². The van der Waals surface area contributed by atoms with Gasteiger partial charge in [-0.3, -0.25) is 9.89 Å². The van der Waals surface area contributed by atoms with Gasteiger partial charge in [0.15, 0.2) is 5.92 Å². The van der Waals surface area contributed by atoms with Crippen molar-refractivity contribution < 1.29 is 0 Å². The van der Waals surface area contributed by atoms with Crippen LogP contribution in [-0.4, -0.2) is 84.0 Å². The number of aliphatic imine (C=N–C) groups is 1. The lowest BCUT2D eigenvalue weighted by Crippen LogP contribution is -2.49. The van der Waals surface area contributed by atoms with E-state index in [4.69, 9.17) is 4.99 Å². The van der Waals surface area contributed by atoms with Crippen LogP contribution in [0.25, 0.3) is 0 Å². The Morgan fingerprint density at radius 3 is 2.41 bits per heavy atom. The molecule has 0 amide bonds. The predicted octanol–water partition coefficient (Wildman–Crippen LogP) is 2.39. The van der Waals surface area contributed by atoms with Crippen molar-refractivity contribution in [2.75, 3.05) is 57.4 Å². The van der Waals surface area contributed by atoms with Crippen LogP contribution >= 0.6 is 11.8 Å². The number of likely N-dealkylation sites (tertiary alicyclic amines) is 2. The van der Waals surface area contributed by atoms with Crippen LogP contribution in [0.2, 0.25) is 0 Å². The van der Waals surface area contributed by atoms with Crippen LogP contribution in [0.3, 0.4) is 0 Å². The first-order valence-electron chi connectivity index (χ1n) is 10.4. The van der Waals surface area contributed by atoms with E-state index in [0.717, 1.165) is 44.8 Å². The van der Waals surface area contributed by atoms with E-state index >= 15 is 0 Å². The maximum Gasteiger partial charge on any atom is 0.189 e. The van der Waals surface area contributed by atoms with Crippen LogP contribution in [0.4, 0.5) is 0 Å². The monoisotopic (exact) mass is 388 g/mol. The molecule has 3 rings (SSSR count). The Morgan fingerprint density at radius 2 is 1.78 bits per heavy atom. The second-order valence-corrected chi connectivity index (χ2v) is 8.83. The fraction of sp³-hybridized carbons (Fsp3) is 0.850. The summed E-state index contributed by atoms with van der Waals surface area (Å²) in [6, 6.07) is 4.96. The molecule has 6 nitrogen and oxygen atoms in total. The average Bonchev–Trinajstić information content (AvgIpc) is 3.25. The van der Waals surface area contributed by atoms with Gasteiger partial charge >= 0.3 is 0 Å². The van der Waals surface area contributed by atoms with Gasteiger partial charge in [0.25, 0.3) is 0 Å². The molecule has 0 radical (unpaired) electrons. The molecule has 0 spiro atoms. The van der Waals surface area contributed by atoms with E-state index < -0.39 is 5.92 Å².